The smallest absolute Gasteiger partial charge is 0.189 e. The van der Waals surface area contributed by atoms with Gasteiger partial charge in [0.05, 0.1) is 0 Å². The molecule has 0 aliphatic heterocycles. The van der Waals surface area contributed by atoms with Crippen molar-refractivity contribution in [3.63, 3.8) is 0 Å². The van der Waals surface area contributed by atoms with Gasteiger partial charge in [-0.2, -0.15) is 0 Å². The van der Waals surface area contributed by atoms with Gasteiger partial charge >= 0.3 is 0 Å². The number of ketones is 1. The van der Waals surface area contributed by atoms with Crippen LogP contribution < -0.4 is 0 Å². The van der Waals surface area contributed by atoms with Crippen LogP contribution in [0.25, 0.3) is 6.08 Å². The van der Waals surface area contributed by atoms with Crippen LogP contribution in [0.1, 0.15) is 34.3 Å². The number of halogens is 1. The predicted molar refractivity (Wildman–Crippen MR) is 78.1 cm³/mol. The Morgan fingerprint density at radius 3 is 2.70 bits per heavy atom. The molecule has 1 aliphatic carbocycles. The number of carbonyl (C=O) groups excluding carboxylic acids is 1. The molecule has 0 unspecified atom stereocenters. The van der Waals surface area contributed by atoms with Crippen molar-refractivity contribution in [1.29, 1.82) is 0 Å². The second kappa shape index (κ2) is 5.41. The minimum Gasteiger partial charge on any atom is -0.289 e. The van der Waals surface area contributed by atoms with Crippen LogP contribution in [-0.2, 0) is 6.42 Å². The van der Waals surface area contributed by atoms with Gasteiger partial charge in [0.2, 0.25) is 0 Å². The highest BCUT2D eigenvalue weighted by molar-refractivity contribution is 6.12. The predicted octanol–water partition coefficient (Wildman–Crippen LogP) is 4.43. The van der Waals surface area contributed by atoms with E-state index in [1.54, 1.807) is 6.07 Å². The largest absolute Gasteiger partial charge is 0.289 e. The van der Waals surface area contributed by atoms with Crippen molar-refractivity contribution in [2.24, 2.45) is 0 Å². The van der Waals surface area contributed by atoms with Gasteiger partial charge in [0.1, 0.15) is 5.82 Å². The van der Waals surface area contributed by atoms with Crippen LogP contribution in [0, 0.1) is 5.82 Å². The van der Waals surface area contributed by atoms with Crippen molar-refractivity contribution in [2.45, 2.75) is 19.3 Å². The minimum atomic E-state index is -0.277. The molecule has 0 amide bonds. The molecule has 0 N–H and O–H groups in total. The van der Waals surface area contributed by atoms with Crippen molar-refractivity contribution in [1.82, 2.24) is 0 Å². The first-order chi connectivity index (χ1) is 9.74. The Hall–Kier alpha value is -2.22. The fraction of sp³-hybridized carbons (Fsp3) is 0.167. The SMILES string of the molecule is O=C1/C(=C\c2cccc(F)c2)CCCc2ccccc21. The number of hydrogen-bond acceptors (Lipinski definition) is 1. The van der Waals surface area contributed by atoms with Gasteiger partial charge in [-0.05, 0) is 48.6 Å². The van der Waals surface area contributed by atoms with Crippen molar-refractivity contribution < 1.29 is 9.18 Å². The molecule has 0 bridgehead atoms. The molecule has 100 valence electrons. The molecule has 20 heavy (non-hydrogen) atoms. The maximum atomic E-state index is 13.2. The first kappa shape index (κ1) is 12.8. The fourth-order valence-electron chi connectivity index (χ4n) is 2.65. The molecule has 2 aromatic rings. The third kappa shape index (κ3) is 2.55. The summed E-state index contributed by atoms with van der Waals surface area (Å²) in [6, 6.07) is 14.1. The number of Topliss-reactive ketones (excluding diaryl/α,β-unsaturated/α-hetero) is 1. The van der Waals surface area contributed by atoms with Crippen LogP contribution in [0.4, 0.5) is 4.39 Å². The van der Waals surface area contributed by atoms with E-state index in [1.807, 2.05) is 36.4 Å². The van der Waals surface area contributed by atoms with Gasteiger partial charge in [0.15, 0.2) is 5.78 Å². The van der Waals surface area contributed by atoms with Gasteiger partial charge in [-0.25, -0.2) is 4.39 Å². The molecule has 0 saturated heterocycles. The topological polar surface area (TPSA) is 17.1 Å². The van der Waals surface area contributed by atoms with Crippen LogP contribution in [0.5, 0.6) is 0 Å². The average molecular weight is 266 g/mol. The number of fused-ring (bicyclic) bond motifs is 1. The van der Waals surface area contributed by atoms with Crippen molar-refractivity contribution >= 4 is 11.9 Å². The highest BCUT2D eigenvalue weighted by Crippen LogP contribution is 2.25. The van der Waals surface area contributed by atoms with Crippen LogP contribution in [-0.4, -0.2) is 5.78 Å². The number of hydrogen-bond donors (Lipinski definition) is 0. The van der Waals surface area contributed by atoms with Gasteiger partial charge in [-0.15, -0.1) is 0 Å². The van der Waals surface area contributed by atoms with Crippen LogP contribution in [0.2, 0.25) is 0 Å². The van der Waals surface area contributed by atoms with Gasteiger partial charge in [-0.1, -0.05) is 36.4 Å². The normalized spacial score (nSPS) is 16.9. The molecular weight excluding hydrogens is 251 g/mol. The Morgan fingerprint density at radius 2 is 1.85 bits per heavy atom. The lowest BCUT2D eigenvalue weighted by atomic mass is 9.98. The Balaban J connectivity index is 2.01. The van der Waals surface area contributed by atoms with Crippen LogP contribution >= 0.6 is 0 Å². The molecule has 3 rings (SSSR count). The summed E-state index contributed by atoms with van der Waals surface area (Å²) in [7, 11) is 0. The molecule has 0 saturated carbocycles. The van der Waals surface area contributed by atoms with E-state index in [2.05, 4.69) is 0 Å². The fourth-order valence-corrected chi connectivity index (χ4v) is 2.65. The summed E-state index contributed by atoms with van der Waals surface area (Å²) in [4.78, 5) is 12.6. The molecular formula is C18H15FO. The van der Waals surface area contributed by atoms with E-state index in [4.69, 9.17) is 0 Å². The third-order valence-electron chi connectivity index (χ3n) is 3.64. The number of rotatable bonds is 1. The summed E-state index contributed by atoms with van der Waals surface area (Å²) >= 11 is 0. The summed E-state index contributed by atoms with van der Waals surface area (Å²) in [6.45, 7) is 0. The zero-order chi connectivity index (χ0) is 13.9. The molecule has 0 heterocycles. The van der Waals surface area contributed by atoms with E-state index in [9.17, 15) is 9.18 Å². The molecule has 1 aliphatic rings. The van der Waals surface area contributed by atoms with Gasteiger partial charge < -0.3 is 0 Å². The standard InChI is InChI=1S/C18H15FO/c19-16-9-3-5-13(12-16)11-15-8-4-7-14-6-1-2-10-17(14)18(15)20/h1-3,5-6,9-12H,4,7-8H2/b15-11-. The molecule has 2 aromatic carbocycles. The van der Waals surface area contributed by atoms with Crippen LogP contribution in [0.3, 0.4) is 0 Å². The third-order valence-corrected chi connectivity index (χ3v) is 3.64. The minimum absolute atomic E-state index is 0.0716. The highest BCUT2D eigenvalue weighted by atomic mass is 19.1. The van der Waals surface area contributed by atoms with Crippen LogP contribution in [0.15, 0.2) is 54.1 Å². The van der Waals surface area contributed by atoms with E-state index in [0.29, 0.717) is 0 Å². The Morgan fingerprint density at radius 1 is 1.00 bits per heavy atom. The number of carbonyl (C=O) groups is 1. The van der Waals surface area contributed by atoms with Crippen molar-refractivity contribution in [2.75, 3.05) is 0 Å². The Kier molecular flexibility index (Phi) is 3.46. The average Bonchev–Trinajstić information content (AvgIpc) is 2.60. The quantitative estimate of drug-likeness (QED) is 0.551. The monoisotopic (exact) mass is 266 g/mol. The van der Waals surface area contributed by atoms with E-state index in [1.165, 1.54) is 12.1 Å². The molecule has 0 fully saturated rings. The molecule has 0 aromatic heterocycles. The lowest BCUT2D eigenvalue weighted by Gasteiger charge is -2.05. The molecule has 2 heteroatoms. The number of aryl methyl sites for hydroxylation is 1. The highest BCUT2D eigenvalue weighted by Gasteiger charge is 2.19. The molecule has 0 atom stereocenters. The van der Waals surface area contributed by atoms with Gasteiger partial charge in [0.25, 0.3) is 0 Å². The van der Waals surface area contributed by atoms with E-state index in [-0.39, 0.29) is 11.6 Å². The number of benzene rings is 2. The van der Waals surface area contributed by atoms with E-state index >= 15 is 0 Å². The summed E-state index contributed by atoms with van der Waals surface area (Å²) in [5.41, 5.74) is 3.40. The van der Waals surface area contributed by atoms with Gasteiger partial charge in [-0.3, -0.25) is 4.79 Å². The molecule has 1 nitrogen and oxygen atoms in total. The lowest BCUT2D eigenvalue weighted by molar-refractivity contribution is 0.103. The van der Waals surface area contributed by atoms with Crippen molar-refractivity contribution in [3.8, 4) is 0 Å². The lowest BCUT2D eigenvalue weighted by Crippen LogP contribution is -2.03. The maximum absolute atomic E-state index is 13.2. The second-order valence-electron chi connectivity index (χ2n) is 5.06. The second-order valence-corrected chi connectivity index (χ2v) is 5.06. The number of allylic oxidation sites excluding steroid dienone is 1. The molecule has 0 radical (unpaired) electrons. The zero-order valence-corrected chi connectivity index (χ0v) is 11.1. The summed E-state index contributed by atoms with van der Waals surface area (Å²) in [5, 5.41) is 0. The Labute approximate surface area is 117 Å². The van der Waals surface area contributed by atoms with Gasteiger partial charge in [0, 0.05) is 11.1 Å². The first-order valence-electron chi connectivity index (χ1n) is 6.83. The summed E-state index contributed by atoms with van der Waals surface area (Å²) in [6.07, 6.45) is 4.42. The summed E-state index contributed by atoms with van der Waals surface area (Å²) < 4.78 is 13.2. The summed E-state index contributed by atoms with van der Waals surface area (Å²) in [5.74, 6) is -0.205. The molecule has 0 spiro atoms. The van der Waals surface area contributed by atoms with Crippen molar-refractivity contribution in [3.05, 3.63) is 76.6 Å². The Bertz CT molecular complexity index is 685. The van der Waals surface area contributed by atoms with E-state index in [0.717, 1.165) is 41.5 Å². The van der Waals surface area contributed by atoms with E-state index < -0.39 is 0 Å². The maximum Gasteiger partial charge on any atom is 0.189 e. The first-order valence-corrected chi connectivity index (χ1v) is 6.83. The zero-order valence-electron chi connectivity index (χ0n) is 11.1.